The molecule has 0 aliphatic heterocycles. The number of amides is 2. The van der Waals surface area contributed by atoms with Crippen LogP contribution in [0.3, 0.4) is 0 Å². The summed E-state index contributed by atoms with van der Waals surface area (Å²) < 4.78 is 5.82. The fourth-order valence-electron chi connectivity index (χ4n) is 5.42. The van der Waals surface area contributed by atoms with E-state index < -0.39 is 17.8 Å². The van der Waals surface area contributed by atoms with E-state index in [1.165, 1.54) is 120 Å². The molecule has 3 aromatic rings. The first-order valence-corrected chi connectivity index (χ1v) is 17.4. The molecule has 0 spiro atoms. The third-order valence-electron chi connectivity index (χ3n) is 8.24. The smallest absolute Gasteiger partial charge is 0.335 e. The fourth-order valence-corrected chi connectivity index (χ4v) is 5.42. The van der Waals surface area contributed by atoms with Crippen LogP contribution in [0.4, 0.5) is 11.4 Å². The molecule has 0 heterocycles. The molecule has 9 nitrogen and oxygen atoms in total. The lowest BCUT2D eigenvalue weighted by Gasteiger charge is -2.14. The van der Waals surface area contributed by atoms with E-state index in [9.17, 15) is 24.3 Å². The predicted octanol–water partition coefficient (Wildman–Crippen LogP) is 10.3. The van der Waals surface area contributed by atoms with Gasteiger partial charge in [-0.3, -0.25) is 9.59 Å². The van der Waals surface area contributed by atoms with Crippen LogP contribution in [-0.2, 0) is 4.79 Å². The number of carboxylic acids is 2. The Labute approximate surface area is 284 Å². The van der Waals surface area contributed by atoms with Gasteiger partial charge in [-0.15, -0.1) is 0 Å². The second-order valence-corrected chi connectivity index (χ2v) is 12.2. The summed E-state index contributed by atoms with van der Waals surface area (Å²) in [6.07, 6.45) is 19.5. The maximum absolute atomic E-state index is 13.1. The summed E-state index contributed by atoms with van der Waals surface area (Å²) in [5.74, 6) is -2.33. The largest absolute Gasteiger partial charge is 0.478 e. The molecule has 9 heteroatoms. The van der Waals surface area contributed by atoms with Crippen molar-refractivity contribution >= 4 is 35.1 Å². The van der Waals surface area contributed by atoms with Crippen molar-refractivity contribution in [3.63, 3.8) is 0 Å². The van der Waals surface area contributed by atoms with E-state index in [2.05, 4.69) is 17.6 Å². The van der Waals surface area contributed by atoms with Crippen LogP contribution in [0.1, 0.15) is 141 Å². The van der Waals surface area contributed by atoms with Crippen molar-refractivity contribution in [3.05, 3.63) is 83.4 Å². The summed E-state index contributed by atoms with van der Waals surface area (Å²) in [5.41, 5.74) is 1.04. The molecule has 0 bridgehead atoms. The molecule has 3 rings (SSSR count). The van der Waals surface area contributed by atoms with Crippen LogP contribution < -0.4 is 15.4 Å². The van der Waals surface area contributed by atoms with Gasteiger partial charge in [0, 0.05) is 17.7 Å². The Morgan fingerprint density at radius 1 is 0.562 bits per heavy atom. The van der Waals surface area contributed by atoms with Gasteiger partial charge < -0.3 is 25.6 Å². The maximum atomic E-state index is 13.1. The zero-order chi connectivity index (χ0) is 34.6. The van der Waals surface area contributed by atoms with E-state index >= 15 is 0 Å². The van der Waals surface area contributed by atoms with Crippen LogP contribution in [0.5, 0.6) is 11.5 Å². The highest BCUT2D eigenvalue weighted by atomic mass is 16.5. The minimum Gasteiger partial charge on any atom is -0.478 e. The molecular formula is C39H50N2O7. The molecule has 0 aromatic heterocycles. The second kappa shape index (κ2) is 21.3. The maximum Gasteiger partial charge on any atom is 0.335 e. The number of rotatable bonds is 23. The molecule has 3 aromatic carbocycles. The molecule has 0 aliphatic rings. The number of carboxylic acid groups (broad SMARTS) is 2. The average Bonchev–Trinajstić information content (AvgIpc) is 3.07. The summed E-state index contributed by atoms with van der Waals surface area (Å²) in [6.45, 7) is 2.26. The zero-order valence-electron chi connectivity index (χ0n) is 28.1. The molecule has 2 amide bonds. The first-order valence-electron chi connectivity index (χ1n) is 17.4. The lowest BCUT2D eigenvalue weighted by atomic mass is 10.0. The Kier molecular flexibility index (Phi) is 16.7. The summed E-state index contributed by atoms with van der Waals surface area (Å²) in [5, 5.41) is 24.1. The normalized spacial score (nSPS) is 10.8. The topological polar surface area (TPSA) is 142 Å². The van der Waals surface area contributed by atoms with Crippen LogP contribution >= 0.6 is 0 Å². The number of ether oxygens (including phenoxy) is 1. The van der Waals surface area contributed by atoms with Crippen LogP contribution in [0.25, 0.3) is 0 Å². The van der Waals surface area contributed by atoms with Gasteiger partial charge in [0.05, 0.1) is 16.8 Å². The Hall–Kier alpha value is -4.66. The average molecular weight is 659 g/mol. The molecule has 0 fully saturated rings. The van der Waals surface area contributed by atoms with Crippen molar-refractivity contribution in [3.8, 4) is 11.5 Å². The van der Waals surface area contributed by atoms with Crippen molar-refractivity contribution in [2.24, 2.45) is 0 Å². The Bertz CT molecular complexity index is 1450. The van der Waals surface area contributed by atoms with Gasteiger partial charge in [0.2, 0.25) is 5.91 Å². The number of carbonyl (C=O) groups excluding carboxylic acids is 2. The Morgan fingerprint density at radius 3 is 1.56 bits per heavy atom. The first-order chi connectivity index (χ1) is 23.3. The lowest BCUT2D eigenvalue weighted by Crippen LogP contribution is -2.14. The number of nitrogens with one attached hydrogen (secondary N) is 2. The molecule has 258 valence electrons. The third-order valence-corrected chi connectivity index (χ3v) is 8.24. The highest BCUT2D eigenvalue weighted by Crippen LogP contribution is 2.31. The van der Waals surface area contributed by atoms with Gasteiger partial charge in [0.25, 0.3) is 5.91 Å². The van der Waals surface area contributed by atoms with Crippen LogP contribution in [0.15, 0.2) is 66.7 Å². The van der Waals surface area contributed by atoms with Gasteiger partial charge in [-0.05, 0) is 73.2 Å². The number of benzene rings is 3. The molecule has 0 saturated carbocycles. The van der Waals surface area contributed by atoms with Gasteiger partial charge in [0.1, 0.15) is 5.75 Å². The highest BCUT2D eigenvalue weighted by Gasteiger charge is 2.15. The minimum atomic E-state index is -1.17. The molecule has 0 saturated heterocycles. The van der Waals surface area contributed by atoms with Crippen molar-refractivity contribution in [2.75, 3.05) is 10.6 Å². The highest BCUT2D eigenvalue weighted by molar-refractivity contribution is 6.06. The predicted molar refractivity (Wildman–Crippen MR) is 189 cm³/mol. The number of hydrogen-bond acceptors (Lipinski definition) is 5. The molecule has 48 heavy (non-hydrogen) atoms. The quantitative estimate of drug-likeness (QED) is 0.0743. The molecule has 4 N–H and O–H groups in total. The SMILES string of the molecule is CCCCCCCCCCCCCCCCCC(=O)Nc1ccc(C(=O)Nc2cc(C(=O)O)ccc2Oc2ccc(C(=O)O)cc2)cc1. The summed E-state index contributed by atoms with van der Waals surface area (Å²) >= 11 is 0. The molecule has 0 unspecified atom stereocenters. The second-order valence-electron chi connectivity index (χ2n) is 12.2. The van der Waals surface area contributed by atoms with Crippen molar-refractivity contribution in [1.29, 1.82) is 0 Å². The van der Waals surface area contributed by atoms with Gasteiger partial charge in [-0.25, -0.2) is 9.59 Å². The van der Waals surface area contributed by atoms with Crippen molar-refractivity contribution in [2.45, 2.75) is 110 Å². The third kappa shape index (κ3) is 14.0. The van der Waals surface area contributed by atoms with E-state index in [-0.39, 0.29) is 28.5 Å². The van der Waals surface area contributed by atoms with E-state index in [4.69, 9.17) is 9.84 Å². The summed E-state index contributed by atoms with van der Waals surface area (Å²) in [6, 6.07) is 16.2. The van der Waals surface area contributed by atoms with E-state index in [0.717, 1.165) is 19.3 Å². The van der Waals surface area contributed by atoms with Gasteiger partial charge in [0.15, 0.2) is 5.75 Å². The molecular weight excluding hydrogens is 608 g/mol. The standard InChI is InChI=1S/C39H50N2O7/c1-2-3-4-5-6-7-8-9-10-11-12-13-14-15-16-17-36(42)40-32-23-18-29(19-24-32)37(43)41-34-28-31(39(46)47)22-27-35(34)48-33-25-20-30(21-26-33)38(44)45/h18-28H,2-17H2,1H3,(H,40,42)(H,41,43)(H,44,45)(H,46,47). The molecule has 0 atom stereocenters. The first kappa shape index (κ1) is 37.8. The van der Waals surface area contributed by atoms with Gasteiger partial charge in [-0.2, -0.15) is 0 Å². The van der Waals surface area contributed by atoms with Crippen LogP contribution in [0, 0.1) is 0 Å². The van der Waals surface area contributed by atoms with E-state index in [1.807, 2.05) is 0 Å². The van der Waals surface area contributed by atoms with E-state index in [0.29, 0.717) is 23.4 Å². The van der Waals surface area contributed by atoms with Crippen molar-refractivity contribution < 1.29 is 34.1 Å². The molecule has 0 radical (unpaired) electrons. The number of unbranched alkanes of at least 4 members (excludes halogenated alkanes) is 14. The van der Waals surface area contributed by atoms with Crippen molar-refractivity contribution in [1.82, 2.24) is 0 Å². The van der Waals surface area contributed by atoms with Crippen LogP contribution in [-0.4, -0.2) is 34.0 Å². The fraction of sp³-hybridized carbons (Fsp3) is 0.436. The number of anilines is 2. The van der Waals surface area contributed by atoms with E-state index in [1.54, 1.807) is 24.3 Å². The number of hydrogen-bond donors (Lipinski definition) is 4. The van der Waals surface area contributed by atoms with Gasteiger partial charge >= 0.3 is 11.9 Å². The summed E-state index contributed by atoms with van der Waals surface area (Å²) in [7, 11) is 0. The van der Waals surface area contributed by atoms with Gasteiger partial charge in [-0.1, -0.05) is 96.8 Å². The van der Waals surface area contributed by atoms with Crippen LogP contribution in [0.2, 0.25) is 0 Å². The lowest BCUT2D eigenvalue weighted by molar-refractivity contribution is -0.116. The minimum absolute atomic E-state index is 0.0500. The molecule has 0 aliphatic carbocycles. The number of carbonyl (C=O) groups is 4. The monoisotopic (exact) mass is 658 g/mol. The Morgan fingerprint density at radius 2 is 1.04 bits per heavy atom. The number of aromatic carboxylic acids is 2. The summed E-state index contributed by atoms with van der Waals surface area (Å²) in [4.78, 5) is 48.2. The zero-order valence-corrected chi connectivity index (χ0v) is 28.1. The Balaban J connectivity index is 1.37.